The number of nitrogens with zero attached hydrogens (tertiary/aromatic N) is 2. The second-order valence-electron chi connectivity index (χ2n) is 12.8. The summed E-state index contributed by atoms with van der Waals surface area (Å²) in [6, 6.07) is 24.2. The molecule has 1 heterocycles. The smallest absolute Gasteiger partial charge is 0.251 e. The van der Waals surface area contributed by atoms with Crippen LogP contribution < -0.4 is 20.3 Å². The molecule has 4 rings (SSSR count). The van der Waals surface area contributed by atoms with Gasteiger partial charge in [-0.1, -0.05) is 74.5 Å². The van der Waals surface area contributed by atoms with E-state index in [1.54, 1.807) is 6.20 Å². The lowest BCUT2D eigenvalue weighted by atomic mass is 9.99. The zero-order valence-corrected chi connectivity index (χ0v) is 29.6. The largest absolute Gasteiger partial charge is 0.389 e. The summed E-state index contributed by atoms with van der Waals surface area (Å²) in [6.45, 7) is 7.83. The van der Waals surface area contributed by atoms with Crippen molar-refractivity contribution < 1.29 is 23.1 Å². The number of likely N-dealkylation sites (N-methyl/N-ethyl adjacent to an activating group) is 1. The van der Waals surface area contributed by atoms with E-state index in [1.807, 2.05) is 85.7 Å². The fraction of sp³-hybridized carbons (Fsp3) is 0.342. The van der Waals surface area contributed by atoms with Gasteiger partial charge in [0.15, 0.2) is 0 Å². The molecule has 1 aromatic heterocycles. The first-order valence-electron chi connectivity index (χ1n) is 16.5. The average molecular weight is 686 g/mol. The molecule has 4 N–H and O–H groups in total. The van der Waals surface area contributed by atoms with Gasteiger partial charge in [-0.2, -0.15) is 0 Å². The van der Waals surface area contributed by atoms with Gasteiger partial charge in [0.2, 0.25) is 10.0 Å². The first-order chi connectivity index (χ1) is 23.3. The number of carbonyl (C=O) groups excluding carboxylic acids is 2. The molecule has 4 aromatic rings. The van der Waals surface area contributed by atoms with Crippen LogP contribution >= 0.6 is 0 Å². The highest BCUT2D eigenvalue weighted by Gasteiger charge is 2.25. The van der Waals surface area contributed by atoms with Crippen LogP contribution in [0.5, 0.6) is 0 Å². The van der Waals surface area contributed by atoms with Crippen LogP contribution in [0.2, 0.25) is 0 Å². The van der Waals surface area contributed by atoms with Crippen LogP contribution in [0.4, 0.5) is 11.4 Å². The van der Waals surface area contributed by atoms with Gasteiger partial charge in [-0.25, -0.2) is 8.42 Å². The van der Waals surface area contributed by atoms with E-state index in [4.69, 9.17) is 0 Å². The highest BCUT2D eigenvalue weighted by Crippen LogP contribution is 2.21. The number of anilines is 2. The lowest BCUT2D eigenvalue weighted by Gasteiger charge is -2.29. The van der Waals surface area contributed by atoms with Gasteiger partial charge in [0.05, 0.1) is 41.5 Å². The summed E-state index contributed by atoms with van der Waals surface area (Å²) >= 11 is 0. The van der Waals surface area contributed by atoms with Crippen LogP contribution in [0.15, 0.2) is 97.3 Å². The first kappa shape index (κ1) is 37.1. The Balaban J connectivity index is 1.61. The van der Waals surface area contributed by atoms with E-state index in [1.165, 1.54) is 25.1 Å². The maximum atomic E-state index is 13.9. The van der Waals surface area contributed by atoms with Crippen molar-refractivity contribution in [3.05, 3.63) is 125 Å². The van der Waals surface area contributed by atoms with Gasteiger partial charge in [0.25, 0.3) is 11.8 Å². The van der Waals surface area contributed by atoms with Crippen LogP contribution in [0.25, 0.3) is 0 Å². The Morgan fingerprint density at radius 1 is 0.816 bits per heavy atom. The fourth-order valence-corrected chi connectivity index (χ4v) is 6.11. The minimum absolute atomic E-state index is 0.0676. The molecule has 0 spiro atoms. The molecular weight excluding hydrogens is 639 g/mol. The third-order valence-electron chi connectivity index (χ3n) is 8.16. The third-order valence-corrected chi connectivity index (χ3v) is 9.47. The number of aliphatic hydroxyl groups excluding tert-OH is 1. The molecule has 260 valence electrons. The third kappa shape index (κ3) is 11.2. The monoisotopic (exact) mass is 685 g/mol. The second-order valence-corrected chi connectivity index (χ2v) is 14.8. The molecule has 0 saturated heterocycles. The van der Waals surface area contributed by atoms with E-state index < -0.39 is 34.0 Å². The number of amides is 2. The molecular formula is C38H47N5O5S. The molecule has 0 radical (unpaired) electrons. The maximum absolute atomic E-state index is 13.9. The molecule has 0 aliphatic rings. The molecule has 49 heavy (non-hydrogen) atoms. The second kappa shape index (κ2) is 17.1. The lowest BCUT2D eigenvalue weighted by molar-refractivity contribution is 0.0843. The van der Waals surface area contributed by atoms with Gasteiger partial charge in [-0.3, -0.25) is 19.3 Å². The number of hydrogen-bond donors (Lipinski definition) is 4. The Morgan fingerprint density at radius 3 is 2.04 bits per heavy atom. The highest BCUT2D eigenvalue weighted by atomic mass is 32.2. The van der Waals surface area contributed by atoms with Gasteiger partial charge in [0, 0.05) is 30.9 Å². The first-order valence-corrected chi connectivity index (χ1v) is 18.2. The van der Waals surface area contributed by atoms with Gasteiger partial charge >= 0.3 is 0 Å². The summed E-state index contributed by atoms with van der Waals surface area (Å²) in [5.41, 5.74) is 4.01. The zero-order chi connectivity index (χ0) is 35.6. The molecule has 2 amide bonds. The van der Waals surface area contributed by atoms with Gasteiger partial charge in [-0.05, 0) is 73.6 Å². The van der Waals surface area contributed by atoms with Gasteiger partial charge < -0.3 is 20.6 Å². The molecule has 0 bridgehead atoms. The highest BCUT2D eigenvalue weighted by molar-refractivity contribution is 7.92. The Bertz CT molecular complexity index is 1800. The molecule has 10 nitrogen and oxygen atoms in total. The Morgan fingerprint density at radius 2 is 1.43 bits per heavy atom. The van der Waals surface area contributed by atoms with Crippen molar-refractivity contribution in [3.63, 3.8) is 0 Å². The SMILES string of the molecule is CCS(=O)(=O)Nc1cc(C(=O)N[C@@H](Cc2ccccc2)[C@H](O)CN(C)c2cncc(CC(C)C)c2)cc(C(=O)N[C@H](C)c2ccccc2)c1. The standard InChI is InChI=1S/C38H47N5O5S/c1-6-49(47,48)42-33-21-31(37(45)40-27(4)30-15-11-8-12-16-30)20-32(22-33)38(46)41-35(19-28-13-9-7-10-14-28)36(44)25-43(5)34-18-29(17-26(2)3)23-39-24-34/h7-16,18,20-24,26-27,35-36,42,44H,6,17,19,25H2,1-5H3,(H,40,45)(H,41,46)/t27-,35+,36-/m1/s1. The maximum Gasteiger partial charge on any atom is 0.251 e. The molecule has 3 atom stereocenters. The van der Waals surface area contributed by atoms with E-state index in [-0.39, 0.29) is 35.2 Å². The van der Waals surface area contributed by atoms with Gasteiger partial charge in [0.1, 0.15) is 0 Å². The zero-order valence-electron chi connectivity index (χ0n) is 28.8. The lowest BCUT2D eigenvalue weighted by Crippen LogP contribution is -2.49. The van der Waals surface area contributed by atoms with Crippen molar-refractivity contribution in [2.24, 2.45) is 5.92 Å². The van der Waals surface area contributed by atoms with Crippen molar-refractivity contribution in [1.29, 1.82) is 0 Å². The normalized spacial score (nSPS) is 13.3. The van der Waals surface area contributed by atoms with Crippen molar-refractivity contribution in [2.75, 3.05) is 29.0 Å². The van der Waals surface area contributed by atoms with Gasteiger partial charge in [-0.15, -0.1) is 0 Å². The molecule has 11 heteroatoms. The van der Waals surface area contributed by atoms with E-state index >= 15 is 0 Å². The summed E-state index contributed by atoms with van der Waals surface area (Å²) in [7, 11) is -1.85. The number of aliphatic hydroxyl groups is 1. The van der Waals surface area contributed by atoms with E-state index in [0.717, 1.165) is 28.8 Å². The Kier molecular flexibility index (Phi) is 12.9. The van der Waals surface area contributed by atoms with Crippen molar-refractivity contribution in [2.45, 2.75) is 58.7 Å². The topological polar surface area (TPSA) is 141 Å². The van der Waals surface area contributed by atoms with Crippen LogP contribution in [0, 0.1) is 5.92 Å². The Labute approximate surface area is 290 Å². The van der Waals surface area contributed by atoms with Crippen LogP contribution in [-0.2, 0) is 22.9 Å². The number of sulfonamides is 1. The number of aromatic nitrogens is 1. The van der Waals surface area contributed by atoms with Crippen LogP contribution in [-0.4, -0.2) is 61.8 Å². The van der Waals surface area contributed by atoms with Crippen molar-refractivity contribution >= 4 is 33.2 Å². The van der Waals surface area contributed by atoms with E-state index in [9.17, 15) is 23.1 Å². The predicted octanol–water partition coefficient (Wildman–Crippen LogP) is 5.37. The van der Waals surface area contributed by atoms with E-state index in [0.29, 0.717) is 12.3 Å². The quantitative estimate of drug-likeness (QED) is 0.124. The number of nitrogens with one attached hydrogen (secondary N) is 3. The molecule has 0 fully saturated rings. The summed E-state index contributed by atoms with van der Waals surface area (Å²) < 4.78 is 27.5. The molecule has 0 saturated carbocycles. The summed E-state index contributed by atoms with van der Waals surface area (Å²) in [5.74, 6) is -0.761. The molecule has 0 aliphatic heterocycles. The number of benzene rings is 3. The Hall–Kier alpha value is -4.74. The summed E-state index contributed by atoms with van der Waals surface area (Å²) in [6.07, 6.45) is 3.80. The van der Waals surface area contributed by atoms with Crippen LogP contribution in [0.1, 0.15) is 71.1 Å². The molecule has 3 aromatic carbocycles. The van der Waals surface area contributed by atoms with Crippen molar-refractivity contribution in [3.8, 4) is 0 Å². The number of pyridine rings is 1. The number of hydrogen-bond acceptors (Lipinski definition) is 7. The molecule has 0 aliphatic carbocycles. The summed E-state index contributed by atoms with van der Waals surface area (Å²) in [4.78, 5) is 33.6. The fourth-order valence-electron chi connectivity index (χ4n) is 5.49. The number of rotatable bonds is 16. The van der Waals surface area contributed by atoms with Crippen LogP contribution in [0.3, 0.4) is 0 Å². The van der Waals surface area contributed by atoms with E-state index in [2.05, 4.69) is 40.3 Å². The minimum Gasteiger partial charge on any atom is -0.389 e. The summed E-state index contributed by atoms with van der Waals surface area (Å²) in [5, 5.41) is 17.5. The number of carbonyl (C=O) groups is 2. The predicted molar refractivity (Wildman–Crippen MR) is 195 cm³/mol. The van der Waals surface area contributed by atoms with Crippen molar-refractivity contribution in [1.82, 2.24) is 15.6 Å². The average Bonchev–Trinajstić information content (AvgIpc) is 3.08. The molecule has 0 unspecified atom stereocenters. The minimum atomic E-state index is -3.71.